The van der Waals surface area contributed by atoms with Crippen LogP contribution in [-0.2, 0) is 10.3 Å². The summed E-state index contributed by atoms with van der Waals surface area (Å²) in [7, 11) is 0. The highest BCUT2D eigenvalue weighted by Gasteiger charge is 2.35. The SMILES string of the molecule is OC1(c2ccnn2-c2ccccc2)CCCOC1. The van der Waals surface area contributed by atoms with Crippen LogP contribution >= 0.6 is 0 Å². The number of nitrogens with zero attached hydrogens (tertiary/aromatic N) is 2. The van der Waals surface area contributed by atoms with Crippen molar-refractivity contribution in [3.05, 3.63) is 48.3 Å². The molecule has 3 rings (SSSR count). The van der Waals surface area contributed by atoms with Gasteiger partial charge in [-0.3, -0.25) is 0 Å². The third-order valence-electron chi connectivity index (χ3n) is 3.34. The van der Waals surface area contributed by atoms with E-state index in [1.54, 1.807) is 10.9 Å². The van der Waals surface area contributed by atoms with E-state index in [1.165, 1.54) is 0 Å². The van der Waals surface area contributed by atoms with Crippen LogP contribution in [0.2, 0.25) is 0 Å². The van der Waals surface area contributed by atoms with Gasteiger partial charge in [0.1, 0.15) is 5.60 Å². The van der Waals surface area contributed by atoms with E-state index >= 15 is 0 Å². The lowest BCUT2D eigenvalue weighted by Crippen LogP contribution is -2.37. The molecule has 0 aliphatic carbocycles. The first-order valence-electron chi connectivity index (χ1n) is 6.20. The van der Waals surface area contributed by atoms with Crippen LogP contribution in [0.4, 0.5) is 0 Å². The van der Waals surface area contributed by atoms with Crippen molar-refractivity contribution in [1.82, 2.24) is 9.78 Å². The van der Waals surface area contributed by atoms with Gasteiger partial charge in [0.2, 0.25) is 0 Å². The predicted molar refractivity (Wildman–Crippen MR) is 67.5 cm³/mol. The van der Waals surface area contributed by atoms with E-state index in [2.05, 4.69) is 5.10 Å². The van der Waals surface area contributed by atoms with E-state index in [0.717, 1.165) is 24.4 Å². The van der Waals surface area contributed by atoms with Gasteiger partial charge in [-0.2, -0.15) is 5.10 Å². The number of aromatic nitrogens is 2. The second-order valence-electron chi connectivity index (χ2n) is 4.65. The second-order valence-corrected chi connectivity index (χ2v) is 4.65. The summed E-state index contributed by atoms with van der Waals surface area (Å²) in [6.45, 7) is 1.06. The molecule has 0 spiro atoms. The highest BCUT2D eigenvalue weighted by molar-refractivity contribution is 5.34. The van der Waals surface area contributed by atoms with Crippen LogP contribution in [0.1, 0.15) is 18.5 Å². The summed E-state index contributed by atoms with van der Waals surface area (Å²) >= 11 is 0. The summed E-state index contributed by atoms with van der Waals surface area (Å²) in [5.74, 6) is 0. The van der Waals surface area contributed by atoms with Crippen molar-refractivity contribution in [2.45, 2.75) is 18.4 Å². The second kappa shape index (κ2) is 4.55. The molecule has 1 aromatic carbocycles. The highest BCUT2D eigenvalue weighted by atomic mass is 16.5. The summed E-state index contributed by atoms with van der Waals surface area (Å²) in [6.07, 6.45) is 3.30. The normalized spacial score (nSPS) is 24.1. The molecule has 1 N–H and O–H groups in total. The minimum Gasteiger partial charge on any atom is -0.381 e. The Balaban J connectivity index is 2.01. The molecule has 94 valence electrons. The maximum Gasteiger partial charge on any atom is 0.130 e. The Hall–Kier alpha value is -1.65. The monoisotopic (exact) mass is 244 g/mol. The lowest BCUT2D eigenvalue weighted by molar-refractivity contribution is -0.0940. The van der Waals surface area contributed by atoms with Crippen molar-refractivity contribution >= 4 is 0 Å². The Morgan fingerprint density at radius 2 is 2.06 bits per heavy atom. The van der Waals surface area contributed by atoms with Crippen molar-refractivity contribution in [2.24, 2.45) is 0 Å². The molecule has 0 amide bonds. The molecule has 0 radical (unpaired) electrons. The van der Waals surface area contributed by atoms with Crippen molar-refractivity contribution in [3.63, 3.8) is 0 Å². The van der Waals surface area contributed by atoms with Gasteiger partial charge < -0.3 is 9.84 Å². The molecule has 1 saturated heterocycles. The first-order chi connectivity index (χ1) is 8.80. The van der Waals surface area contributed by atoms with E-state index in [9.17, 15) is 5.11 Å². The molecule has 1 atom stereocenters. The zero-order chi connectivity index (χ0) is 12.4. The van der Waals surface area contributed by atoms with Gasteiger partial charge in [-0.05, 0) is 31.0 Å². The smallest absolute Gasteiger partial charge is 0.130 e. The van der Waals surface area contributed by atoms with E-state index in [1.807, 2.05) is 36.4 Å². The lowest BCUT2D eigenvalue weighted by Gasteiger charge is -2.32. The van der Waals surface area contributed by atoms with E-state index in [0.29, 0.717) is 13.0 Å². The minimum absolute atomic E-state index is 0.339. The maximum absolute atomic E-state index is 10.7. The fourth-order valence-corrected chi connectivity index (χ4v) is 2.41. The highest BCUT2D eigenvalue weighted by Crippen LogP contribution is 2.31. The fraction of sp³-hybridized carbons (Fsp3) is 0.357. The maximum atomic E-state index is 10.7. The Labute approximate surface area is 106 Å². The van der Waals surface area contributed by atoms with Crippen LogP contribution in [0.5, 0.6) is 0 Å². The van der Waals surface area contributed by atoms with Crippen molar-refractivity contribution in [3.8, 4) is 5.69 Å². The number of para-hydroxylation sites is 1. The van der Waals surface area contributed by atoms with Crippen LogP contribution in [0, 0.1) is 0 Å². The van der Waals surface area contributed by atoms with E-state index < -0.39 is 5.60 Å². The molecule has 1 unspecified atom stereocenters. The van der Waals surface area contributed by atoms with Crippen molar-refractivity contribution in [1.29, 1.82) is 0 Å². The van der Waals surface area contributed by atoms with Gasteiger partial charge in [-0.25, -0.2) is 4.68 Å². The van der Waals surface area contributed by atoms with Crippen LogP contribution in [-0.4, -0.2) is 28.1 Å². The third kappa shape index (κ3) is 1.94. The largest absolute Gasteiger partial charge is 0.381 e. The van der Waals surface area contributed by atoms with Crippen LogP contribution in [0.3, 0.4) is 0 Å². The van der Waals surface area contributed by atoms with Gasteiger partial charge >= 0.3 is 0 Å². The number of benzene rings is 1. The summed E-state index contributed by atoms with van der Waals surface area (Å²) in [4.78, 5) is 0. The summed E-state index contributed by atoms with van der Waals surface area (Å²) in [6, 6.07) is 11.7. The molecular weight excluding hydrogens is 228 g/mol. The van der Waals surface area contributed by atoms with Gasteiger partial charge in [0.05, 0.1) is 18.0 Å². The average Bonchev–Trinajstić information content (AvgIpc) is 2.91. The Bertz CT molecular complexity index is 516. The molecule has 1 aliphatic rings. The summed E-state index contributed by atoms with van der Waals surface area (Å²) in [5.41, 5.74) is 0.829. The van der Waals surface area contributed by atoms with Gasteiger partial charge in [-0.1, -0.05) is 18.2 Å². The summed E-state index contributed by atoms with van der Waals surface area (Å²) in [5, 5.41) is 15.0. The van der Waals surface area contributed by atoms with Crippen LogP contribution < -0.4 is 0 Å². The molecule has 2 aromatic rings. The average molecular weight is 244 g/mol. The van der Waals surface area contributed by atoms with Gasteiger partial charge in [-0.15, -0.1) is 0 Å². The zero-order valence-electron chi connectivity index (χ0n) is 10.1. The van der Waals surface area contributed by atoms with Gasteiger partial charge in [0.15, 0.2) is 0 Å². The molecule has 2 heterocycles. The van der Waals surface area contributed by atoms with E-state index in [4.69, 9.17) is 4.74 Å². The quantitative estimate of drug-likeness (QED) is 0.877. The molecule has 4 nitrogen and oxygen atoms in total. The number of rotatable bonds is 2. The Kier molecular flexibility index (Phi) is 2.89. The molecule has 1 aromatic heterocycles. The topological polar surface area (TPSA) is 47.3 Å². The minimum atomic E-state index is -0.926. The standard InChI is InChI=1S/C14H16N2O2/c17-14(8-4-10-18-11-14)13-7-9-15-16(13)12-5-2-1-3-6-12/h1-3,5-7,9,17H,4,8,10-11H2. The van der Waals surface area contributed by atoms with Crippen molar-refractivity contribution < 1.29 is 9.84 Å². The third-order valence-corrected chi connectivity index (χ3v) is 3.34. The molecule has 0 bridgehead atoms. The first kappa shape index (κ1) is 11.4. The van der Waals surface area contributed by atoms with Gasteiger partial charge in [0, 0.05) is 12.8 Å². The van der Waals surface area contributed by atoms with Crippen LogP contribution in [0.15, 0.2) is 42.6 Å². The molecule has 1 fully saturated rings. The molecule has 1 aliphatic heterocycles. The fourth-order valence-electron chi connectivity index (χ4n) is 2.41. The molecule has 0 saturated carbocycles. The molecule has 4 heteroatoms. The van der Waals surface area contributed by atoms with Crippen LogP contribution in [0.25, 0.3) is 5.69 Å². The zero-order valence-corrected chi connectivity index (χ0v) is 10.1. The molecular formula is C14H16N2O2. The number of ether oxygens (including phenoxy) is 1. The Morgan fingerprint density at radius 1 is 1.22 bits per heavy atom. The number of hydrogen-bond donors (Lipinski definition) is 1. The number of hydrogen-bond acceptors (Lipinski definition) is 3. The van der Waals surface area contributed by atoms with Crippen molar-refractivity contribution in [2.75, 3.05) is 13.2 Å². The molecule has 18 heavy (non-hydrogen) atoms. The van der Waals surface area contributed by atoms with E-state index in [-0.39, 0.29) is 0 Å². The predicted octanol–water partition coefficient (Wildman–Crippen LogP) is 1.87. The first-order valence-corrected chi connectivity index (χ1v) is 6.20. The number of aliphatic hydroxyl groups is 1. The Morgan fingerprint density at radius 3 is 2.78 bits per heavy atom. The lowest BCUT2D eigenvalue weighted by atomic mass is 9.93. The summed E-state index contributed by atoms with van der Waals surface area (Å²) < 4.78 is 7.20. The van der Waals surface area contributed by atoms with Gasteiger partial charge in [0.25, 0.3) is 0 Å².